The molecule has 2 rings (SSSR count). The molecule has 0 amide bonds. The molecule has 0 unspecified atom stereocenters. The molecule has 1 aromatic carbocycles. The van der Waals surface area contributed by atoms with Crippen LogP contribution in [0.1, 0.15) is 26.7 Å². The van der Waals surface area contributed by atoms with Crippen molar-refractivity contribution < 1.29 is 5.11 Å². The third-order valence-electron chi connectivity index (χ3n) is 3.95. The summed E-state index contributed by atoms with van der Waals surface area (Å²) in [5, 5.41) is 11.7. The highest BCUT2D eigenvalue weighted by Crippen LogP contribution is 2.40. The van der Waals surface area contributed by atoms with Crippen molar-refractivity contribution in [3.63, 3.8) is 0 Å². The number of hydrogen-bond donors (Lipinski definition) is 1. The van der Waals surface area contributed by atoms with Crippen molar-refractivity contribution in [1.29, 1.82) is 0 Å². The summed E-state index contributed by atoms with van der Waals surface area (Å²) in [5.74, 6) is 0.707. The van der Waals surface area contributed by atoms with Crippen molar-refractivity contribution in [2.24, 2.45) is 0 Å². The zero-order valence-corrected chi connectivity index (χ0v) is 14.5. The maximum absolute atomic E-state index is 10.7. The minimum absolute atomic E-state index is 0.140. The second kappa shape index (κ2) is 7.21. The van der Waals surface area contributed by atoms with Gasteiger partial charge >= 0.3 is 0 Å². The predicted molar refractivity (Wildman–Crippen MR) is 94.1 cm³/mol. The summed E-state index contributed by atoms with van der Waals surface area (Å²) in [6, 6.07) is 7.32. The average molecular weight is 339 g/mol. The van der Waals surface area contributed by atoms with Crippen molar-refractivity contribution >= 4 is 29.0 Å². The molecule has 1 aromatic heterocycles. The number of aromatic hydroxyl groups is 1. The zero-order chi connectivity index (χ0) is 16.3. The van der Waals surface area contributed by atoms with E-state index in [0.717, 1.165) is 18.4 Å². The molecule has 0 atom stereocenters. The smallest absolute Gasteiger partial charge is 0.171 e. The van der Waals surface area contributed by atoms with Gasteiger partial charge in [-0.25, -0.2) is 4.98 Å². The number of pyridine rings is 1. The van der Waals surface area contributed by atoms with E-state index in [1.165, 1.54) is 0 Å². The van der Waals surface area contributed by atoms with Gasteiger partial charge < -0.3 is 10.0 Å². The fourth-order valence-corrected chi connectivity index (χ4v) is 3.15. The second-order valence-corrected chi connectivity index (χ2v) is 6.08. The Bertz CT molecular complexity index is 657. The van der Waals surface area contributed by atoms with Crippen LogP contribution in [0.15, 0.2) is 30.5 Å². The number of aromatic nitrogens is 1. The van der Waals surface area contributed by atoms with Crippen LogP contribution >= 0.6 is 23.2 Å². The SMILES string of the molecule is CCC(CC)N(C)c1nccc(-c2ccc(Cl)cc2Cl)c1O. The molecule has 1 N–H and O–H groups in total. The van der Waals surface area contributed by atoms with Crippen LogP contribution in [0, 0.1) is 0 Å². The molecule has 1 heterocycles. The maximum Gasteiger partial charge on any atom is 0.171 e. The number of halogens is 2. The Morgan fingerprint density at radius 1 is 1.14 bits per heavy atom. The number of anilines is 1. The number of nitrogens with zero attached hydrogens (tertiary/aromatic N) is 2. The van der Waals surface area contributed by atoms with Crippen molar-refractivity contribution in [3.05, 3.63) is 40.5 Å². The van der Waals surface area contributed by atoms with E-state index in [9.17, 15) is 5.11 Å². The molecule has 22 heavy (non-hydrogen) atoms. The van der Waals surface area contributed by atoms with Gasteiger partial charge in [-0.3, -0.25) is 0 Å². The molecule has 0 bridgehead atoms. The summed E-state index contributed by atoms with van der Waals surface area (Å²) in [7, 11) is 1.95. The van der Waals surface area contributed by atoms with Crippen LogP contribution in [0.4, 0.5) is 5.82 Å². The lowest BCUT2D eigenvalue weighted by Gasteiger charge is -2.28. The summed E-state index contributed by atoms with van der Waals surface area (Å²) >= 11 is 12.2. The summed E-state index contributed by atoms with van der Waals surface area (Å²) in [5.41, 5.74) is 1.40. The minimum atomic E-state index is 0.140. The molecular weight excluding hydrogens is 319 g/mol. The van der Waals surface area contributed by atoms with Gasteiger partial charge in [0.15, 0.2) is 11.6 Å². The quantitative estimate of drug-likeness (QED) is 0.794. The van der Waals surface area contributed by atoms with Crippen molar-refractivity contribution in [2.75, 3.05) is 11.9 Å². The highest BCUT2D eigenvalue weighted by molar-refractivity contribution is 6.36. The van der Waals surface area contributed by atoms with Gasteiger partial charge in [-0.2, -0.15) is 0 Å². The van der Waals surface area contributed by atoms with E-state index in [-0.39, 0.29) is 5.75 Å². The Hall–Kier alpha value is -1.45. The van der Waals surface area contributed by atoms with Crippen LogP contribution in [0.25, 0.3) is 11.1 Å². The van der Waals surface area contributed by atoms with Gasteiger partial charge in [-0.05, 0) is 31.0 Å². The number of benzene rings is 1. The van der Waals surface area contributed by atoms with Crippen molar-refractivity contribution in [1.82, 2.24) is 4.98 Å². The fraction of sp³-hybridized carbons (Fsp3) is 0.353. The molecule has 5 heteroatoms. The van der Waals surface area contributed by atoms with Crippen LogP contribution in [-0.4, -0.2) is 23.2 Å². The maximum atomic E-state index is 10.7. The number of hydrogen-bond acceptors (Lipinski definition) is 3. The van der Waals surface area contributed by atoms with E-state index in [2.05, 4.69) is 18.8 Å². The fourth-order valence-electron chi connectivity index (χ4n) is 2.64. The molecule has 0 spiro atoms. The zero-order valence-electron chi connectivity index (χ0n) is 13.0. The first-order valence-corrected chi connectivity index (χ1v) is 8.11. The lowest BCUT2D eigenvalue weighted by Crippen LogP contribution is -2.31. The molecule has 0 saturated carbocycles. The Labute approximate surface area is 141 Å². The van der Waals surface area contributed by atoms with E-state index >= 15 is 0 Å². The highest BCUT2D eigenvalue weighted by atomic mass is 35.5. The van der Waals surface area contributed by atoms with Crippen LogP contribution in [-0.2, 0) is 0 Å². The van der Waals surface area contributed by atoms with Gasteiger partial charge in [0.2, 0.25) is 0 Å². The minimum Gasteiger partial charge on any atom is -0.504 e. The van der Waals surface area contributed by atoms with Gasteiger partial charge in [-0.15, -0.1) is 0 Å². The largest absolute Gasteiger partial charge is 0.504 e. The Kier molecular flexibility index (Phi) is 5.54. The topological polar surface area (TPSA) is 36.4 Å². The van der Waals surface area contributed by atoms with Crippen LogP contribution < -0.4 is 4.90 Å². The predicted octanol–water partition coefficient (Wildman–Crippen LogP) is 5.39. The molecule has 0 aliphatic rings. The molecule has 0 aliphatic carbocycles. The lowest BCUT2D eigenvalue weighted by atomic mass is 10.0. The Morgan fingerprint density at radius 2 is 1.82 bits per heavy atom. The Balaban J connectivity index is 2.50. The summed E-state index contributed by atoms with van der Waals surface area (Å²) in [6.45, 7) is 4.25. The monoisotopic (exact) mass is 338 g/mol. The van der Waals surface area contributed by atoms with Crippen molar-refractivity contribution in [3.8, 4) is 16.9 Å². The molecule has 3 nitrogen and oxygen atoms in total. The van der Waals surface area contributed by atoms with Gasteiger partial charge in [0.1, 0.15) is 0 Å². The van der Waals surface area contributed by atoms with Crippen LogP contribution in [0.5, 0.6) is 5.75 Å². The first kappa shape index (κ1) is 16.9. The lowest BCUT2D eigenvalue weighted by molar-refractivity contribution is 0.468. The third-order valence-corrected chi connectivity index (χ3v) is 4.50. The van der Waals surface area contributed by atoms with Crippen LogP contribution in [0.2, 0.25) is 10.0 Å². The van der Waals surface area contributed by atoms with Crippen LogP contribution in [0.3, 0.4) is 0 Å². The highest BCUT2D eigenvalue weighted by Gasteiger charge is 2.19. The van der Waals surface area contributed by atoms with E-state index in [4.69, 9.17) is 23.2 Å². The summed E-state index contributed by atoms with van der Waals surface area (Å²) in [4.78, 5) is 6.35. The van der Waals surface area contributed by atoms with Gasteiger partial charge in [0.05, 0.1) is 5.02 Å². The first-order valence-electron chi connectivity index (χ1n) is 7.35. The standard InChI is InChI=1S/C17H20Cl2N2O/c1-4-12(5-2)21(3)17-16(22)14(8-9-20-17)13-7-6-11(18)10-15(13)19/h6-10,12,22H,4-5H2,1-3H3. The molecule has 0 saturated heterocycles. The molecule has 0 fully saturated rings. The van der Waals surface area contributed by atoms with E-state index < -0.39 is 0 Å². The normalized spacial score (nSPS) is 11.0. The third kappa shape index (κ3) is 3.31. The molecule has 0 aliphatic heterocycles. The molecule has 118 valence electrons. The number of rotatable bonds is 5. The van der Waals surface area contributed by atoms with Crippen molar-refractivity contribution in [2.45, 2.75) is 32.7 Å². The summed E-state index contributed by atoms with van der Waals surface area (Å²) < 4.78 is 0. The average Bonchev–Trinajstić information content (AvgIpc) is 2.49. The Morgan fingerprint density at radius 3 is 2.41 bits per heavy atom. The van der Waals surface area contributed by atoms with E-state index in [1.54, 1.807) is 30.5 Å². The first-order chi connectivity index (χ1) is 10.5. The van der Waals surface area contributed by atoms with E-state index in [0.29, 0.717) is 27.5 Å². The molecule has 2 aromatic rings. The molecule has 0 radical (unpaired) electrons. The van der Waals surface area contributed by atoms with Gasteiger partial charge in [0, 0.05) is 35.4 Å². The van der Waals surface area contributed by atoms with Gasteiger partial charge in [0.25, 0.3) is 0 Å². The summed E-state index contributed by atoms with van der Waals surface area (Å²) in [6.07, 6.45) is 3.66. The van der Waals surface area contributed by atoms with Gasteiger partial charge in [-0.1, -0.05) is 43.1 Å². The van der Waals surface area contributed by atoms with E-state index in [1.807, 2.05) is 11.9 Å². The second-order valence-electron chi connectivity index (χ2n) is 5.24. The molecular formula is C17H20Cl2N2O.